The molecule has 0 atom stereocenters. The summed E-state index contributed by atoms with van der Waals surface area (Å²) >= 11 is 0. The summed E-state index contributed by atoms with van der Waals surface area (Å²) in [5.41, 5.74) is 2.60. The molecule has 0 unspecified atom stereocenters. The third kappa shape index (κ3) is 2.16. The molecule has 1 aliphatic rings. The minimum atomic E-state index is 0.557. The predicted molar refractivity (Wildman–Crippen MR) is 68.5 cm³/mol. The van der Waals surface area contributed by atoms with Crippen molar-refractivity contribution in [3.63, 3.8) is 0 Å². The minimum absolute atomic E-state index is 0.557. The van der Waals surface area contributed by atoms with Gasteiger partial charge in [0.25, 0.3) is 0 Å². The van der Waals surface area contributed by atoms with E-state index in [1.807, 2.05) is 0 Å². The third-order valence-corrected chi connectivity index (χ3v) is 3.32. The van der Waals surface area contributed by atoms with E-state index in [1.54, 1.807) is 7.11 Å². The Kier molecular flexibility index (Phi) is 3.37. The molecule has 0 amide bonds. The highest BCUT2D eigenvalue weighted by Crippen LogP contribution is 2.33. The molecule has 0 radical (unpaired) electrons. The Bertz CT molecular complexity index is 354. The monoisotopic (exact) mass is 219 g/mol. The Morgan fingerprint density at radius 1 is 1.19 bits per heavy atom. The summed E-state index contributed by atoms with van der Waals surface area (Å²) in [5.74, 6) is 1.58. The van der Waals surface area contributed by atoms with Crippen LogP contribution in [-0.2, 0) is 0 Å². The Labute approximate surface area is 98.2 Å². The Morgan fingerprint density at radius 2 is 1.88 bits per heavy atom. The van der Waals surface area contributed by atoms with Crippen molar-refractivity contribution in [1.29, 1.82) is 0 Å². The summed E-state index contributed by atoms with van der Waals surface area (Å²) in [6, 6.07) is 6.61. The summed E-state index contributed by atoms with van der Waals surface area (Å²) < 4.78 is 5.51. The zero-order valence-corrected chi connectivity index (χ0v) is 10.5. The van der Waals surface area contributed by atoms with Gasteiger partial charge in [0.1, 0.15) is 5.75 Å². The zero-order valence-electron chi connectivity index (χ0n) is 10.5. The molecule has 0 saturated carbocycles. The fourth-order valence-electron chi connectivity index (χ4n) is 2.27. The van der Waals surface area contributed by atoms with Crippen LogP contribution in [0, 0.1) is 0 Å². The topological polar surface area (TPSA) is 12.5 Å². The normalized spacial score (nSPS) is 15.9. The highest BCUT2D eigenvalue weighted by molar-refractivity contribution is 5.60. The lowest BCUT2D eigenvalue weighted by molar-refractivity contribution is 0.414. The molecule has 16 heavy (non-hydrogen) atoms. The molecule has 1 fully saturated rings. The first-order valence-corrected chi connectivity index (χ1v) is 6.15. The lowest BCUT2D eigenvalue weighted by Crippen LogP contribution is -2.18. The van der Waals surface area contributed by atoms with Gasteiger partial charge >= 0.3 is 0 Å². The zero-order chi connectivity index (χ0) is 11.5. The summed E-state index contributed by atoms with van der Waals surface area (Å²) in [6.45, 7) is 6.75. The maximum atomic E-state index is 5.51. The van der Waals surface area contributed by atoms with Crippen molar-refractivity contribution in [3.05, 3.63) is 23.8 Å². The Hall–Kier alpha value is -1.18. The summed E-state index contributed by atoms with van der Waals surface area (Å²) in [4.78, 5) is 2.42. The van der Waals surface area contributed by atoms with Crippen molar-refractivity contribution >= 4 is 5.69 Å². The quantitative estimate of drug-likeness (QED) is 0.772. The summed E-state index contributed by atoms with van der Waals surface area (Å²) in [6.07, 6.45) is 2.60. The van der Waals surface area contributed by atoms with Gasteiger partial charge in [0.05, 0.1) is 12.8 Å². The molecular formula is C14H21NO. The van der Waals surface area contributed by atoms with Crippen LogP contribution in [0.3, 0.4) is 0 Å². The van der Waals surface area contributed by atoms with Crippen molar-refractivity contribution in [1.82, 2.24) is 0 Å². The van der Waals surface area contributed by atoms with Crippen molar-refractivity contribution in [2.45, 2.75) is 32.6 Å². The van der Waals surface area contributed by atoms with E-state index in [4.69, 9.17) is 4.74 Å². The lowest BCUT2D eigenvalue weighted by Gasteiger charge is -2.21. The fraction of sp³-hybridized carbons (Fsp3) is 0.571. The molecular weight excluding hydrogens is 198 g/mol. The Morgan fingerprint density at radius 3 is 2.44 bits per heavy atom. The first-order valence-electron chi connectivity index (χ1n) is 6.15. The molecule has 2 rings (SSSR count). The van der Waals surface area contributed by atoms with Crippen LogP contribution >= 0.6 is 0 Å². The molecule has 1 heterocycles. The van der Waals surface area contributed by atoms with Crippen molar-refractivity contribution in [2.24, 2.45) is 0 Å². The predicted octanol–water partition coefficient (Wildman–Crippen LogP) is 3.42. The SMILES string of the molecule is COc1cc(C(C)C)ccc1N1CCCC1. The van der Waals surface area contributed by atoms with Gasteiger partial charge in [0, 0.05) is 13.1 Å². The van der Waals surface area contributed by atoms with Crippen LogP contribution in [0.15, 0.2) is 18.2 Å². The van der Waals surface area contributed by atoms with Gasteiger partial charge in [0.2, 0.25) is 0 Å². The number of rotatable bonds is 3. The van der Waals surface area contributed by atoms with Crippen molar-refractivity contribution in [2.75, 3.05) is 25.1 Å². The second kappa shape index (κ2) is 4.77. The first kappa shape index (κ1) is 11.3. The minimum Gasteiger partial charge on any atom is -0.495 e. The van der Waals surface area contributed by atoms with Crippen LogP contribution < -0.4 is 9.64 Å². The van der Waals surface area contributed by atoms with Crippen LogP contribution in [0.2, 0.25) is 0 Å². The number of nitrogens with zero attached hydrogens (tertiary/aromatic N) is 1. The average molecular weight is 219 g/mol. The molecule has 0 N–H and O–H groups in total. The lowest BCUT2D eigenvalue weighted by atomic mass is 10.0. The van der Waals surface area contributed by atoms with Gasteiger partial charge < -0.3 is 9.64 Å². The second-order valence-electron chi connectivity index (χ2n) is 4.78. The maximum absolute atomic E-state index is 5.51. The van der Waals surface area contributed by atoms with E-state index in [-0.39, 0.29) is 0 Å². The largest absolute Gasteiger partial charge is 0.495 e. The van der Waals surface area contributed by atoms with E-state index >= 15 is 0 Å². The molecule has 1 saturated heterocycles. The highest BCUT2D eigenvalue weighted by Gasteiger charge is 2.16. The number of methoxy groups -OCH3 is 1. The average Bonchev–Trinajstić information content (AvgIpc) is 2.81. The van der Waals surface area contributed by atoms with Gasteiger partial charge in [0.15, 0.2) is 0 Å². The third-order valence-electron chi connectivity index (χ3n) is 3.32. The van der Waals surface area contributed by atoms with Gasteiger partial charge in [-0.1, -0.05) is 19.9 Å². The summed E-state index contributed by atoms with van der Waals surface area (Å²) in [7, 11) is 1.76. The van der Waals surface area contributed by atoms with E-state index in [1.165, 1.54) is 24.1 Å². The molecule has 1 aliphatic heterocycles. The fourth-order valence-corrected chi connectivity index (χ4v) is 2.27. The molecule has 88 valence electrons. The standard InChI is InChI=1S/C14H21NO/c1-11(2)12-6-7-13(14(10-12)16-3)15-8-4-5-9-15/h6-7,10-11H,4-5,8-9H2,1-3H3. The van der Waals surface area contributed by atoms with E-state index in [2.05, 4.69) is 36.9 Å². The number of benzene rings is 1. The van der Waals surface area contributed by atoms with E-state index < -0.39 is 0 Å². The molecule has 2 heteroatoms. The number of hydrogen-bond acceptors (Lipinski definition) is 2. The number of anilines is 1. The van der Waals surface area contributed by atoms with Crippen LogP contribution in [0.5, 0.6) is 5.75 Å². The molecule has 1 aromatic rings. The van der Waals surface area contributed by atoms with Gasteiger partial charge in [-0.05, 0) is 36.5 Å². The number of ether oxygens (including phenoxy) is 1. The molecule has 0 bridgehead atoms. The molecule has 0 aliphatic carbocycles. The van der Waals surface area contributed by atoms with Crippen molar-refractivity contribution in [3.8, 4) is 5.75 Å². The van der Waals surface area contributed by atoms with Crippen LogP contribution in [-0.4, -0.2) is 20.2 Å². The van der Waals surface area contributed by atoms with Crippen LogP contribution in [0.25, 0.3) is 0 Å². The molecule has 1 aromatic carbocycles. The molecule has 2 nitrogen and oxygen atoms in total. The van der Waals surface area contributed by atoms with Crippen LogP contribution in [0.1, 0.15) is 38.2 Å². The highest BCUT2D eigenvalue weighted by atomic mass is 16.5. The van der Waals surface area contributed by atoms with Crippen LogP contribution in [0.4, 0.5) is 5.69 Å². The first-order chi connectivity index (χ1) is 7.72. The van der Waals surface area contributed by atoms with Gasteiger partial charge in [-0.3, -0.25) is 0 Å². The summed E-state index contributed by atoms with van der Waals surface area (Å²) in [5, 5.41) is 0. The van der Waals surface area contributed by atoms with Gasteiger partial charge in [-0.2, -0.15) is 0 Å². The van der Waals surface area contributed by atoms with E-state index in [0.29, 0.717) is 5.92 Å². The maximum Gasteiger partial charge on any atom is 0.142 e. The Balaban J connectivity index is 2.30. The number of hydrogen-bond donors (Lipinski definition) is 0. The van der Waals surface area contributed by atoms with E-state index in [9.17, 15) is 0 Å². The second-order valence-corrected chi connectivity index (χ2v) is 4.78. The van der Waals surface area contributed by atoms with Crippen molar-refractivity contribution < 1.29 is 4.74 Å². The van der Waals surface area contributed by atoms with Gasteiger partial charge in [-0.25, -0.2) is 0 Å². The molecule has 0 spiro atoms. The smallest absolute Gasteiger partial charge is 0.142 e. The molecule has 0 aromatic heterocycles. The van der Waals surface area contributed by atoms with E-state index in [0.717, 1.165) is 18.8 Å². The van der Waals surface area contributed by atoms with Gasteiger partial charge in [-0.15, -0.1) is 0 Å².